The van der Waals surface area contributed by atoms with E-state index in [-0.39, 0.29) is 6.61 Å². The Balaban J connectivity index is 0.00000144. The third-order valence-corrected chi connectivity index (χ3v) is 7.19. The van der Waals surface area contributed by atoms with Gasteiger partial charge in [0.25, 0.3) is 0 Å². The number of hydrogen-bond donors (Lipinski definition) is 3. The van der Waals surface area contributed by atoms with Crippen molar-refractivity contribution in [1.82, 2.24) is 24.7 Å². The van der Waals surface area contributed by atoms with Crippen molar-refractivity contribution in [2.75, 3.05) is 38.0 Å². The molecule has 0 amide bonds. The van der Waals surface area contributed by atoms with Gasteiger partial charge in [-0.15, -0.1) is 11.3 Å². The van der Waals surface area contributed by atoms with Crippen molar-refractivity contribution in [3.63, 3.8) is 0 Å². The van der Waals surface area contributed by atoms with Crippen LogP contribution in [0.1, 0.15) is 13.8 Å². The van der Waals surface area contributed by atoms with E-state index in [4.69, 9.17) is 9.47 Å². The number of aliphatic hydroxyl groups is 1. The second-order valence-electron chi connectivity index (χ2n) is 9.61. The van der Waals surface area contributed by atoms with Gasteiger partial charge in [0.1, 0.15) is 17.9 Å². The number of anilines is 2. The van der Waals surface area contributed by atoms with Crippen LogP contribution in [0.25, 0.3) is 32.2 Å². The summed E-state index contributed by atoms with van der Waals surface area (Å²) < 4.78 is 14.6. The predicted molar refractivity (Wildman–Crippen MR) is 155 cm³/mol. The molecule has 1 saturated heterocycles. The summed E-state index contributed by atoms with van der Waals surface area (Å²) in [6.07, 6.45) is 6.99. The maximum Gasteiger partial charge on any atom is 0.145 e. The molecule has 0 spiro atoms. The van der Waals surface area contributed by atoms with Crippen molar-refractivity contribution in [3.05, 3.63) is 54.6 Å². The van der Waals surface area contributed by atoms with Crippen LogP contribution in [-0.2, 0) is 10.3 Å². The van der Waals surface area contributed by atoms with E-state index in [0.717, 1.165) is 37.9 Å². The van der Waals surface area contributed by atoms with Gasteiger partial charge in [-0.05, 0) is 56.0 Å². The maximum atomic E-state index is 9.74. The molecule has 1 aliphatic rings. The lowest BCUT2D eigenvalue weighted by atomic mass is 10.0. The third kappa shape index (κ3) is 5.32. The molecule has 0 aliphatic carbocycles. The lowest BCUT2D eigenvalue weighted by Crippen LogP contribution is -2.32. The molecule has 1 aliphatic heterocycles. The number of nitrogens with zero attached hydrogens (tertiary/aromatic N) is 5. The molecule has 5 aromatic rings. The highest BCUT2D eigenvalue weighted by atomic mass is 32.1. The Morgan fingerprint density at radius 2 is 1.97 bits per heavy atom. The summed E-state index contributed by atoms with van der Waals surface area (Å²) in [5.74, 6) is 1.74. The lowest BCUT2D eigenvalue weighted by molar-refractivity contribution is -0.0506. The molecule has 0 saturated carbocycles. The Hall–Kier alpha value is -3.25. The summed E-state index contributed by atoms with van der Waals surface area (Å²) >= 11 is 5.13. The summed E-state index contributed by atoms with van der Waals surface area (Å²) in [5, 5.41) is 18.5. The maximum absolute atomic E-state index is 9.74. The van der Waals surface area contributed by atoms with E-state index >= 15 is 0 Å². The number of fused-ring (bicyclic) bond motifs is 2. The molecule has 4 heterocycles. The van der Waals surface area contributed by atoms with Gasteiger partial charge >= 0.3 is 0 Å². The molecule has 1 fully saturated rings. The molecule has 6 rings (SSSR count). The van der Waals surface area contributed by atoms with E-state index in [1.54, 1.807) is 34.8 Å². The SMILES string of the molecule is CC(C)(CO)n1cc(-c2cc(OCC3COC3)c3c(Nc4ccc5ncsc5c4)ncnc3c2)cn1.CS. The first-order valence-corrected chi connectivity index (χ1v) is 14.0. The van der Waals surface area contributed by atoms with E-state index in [1.165, 1.54) is 0 Å². The van der Waals surface area contributed by atoms with Crippen LogP contribution in [-0.4, -0.2) is 62.5 Å². The fraction of sp³-hybridized carbons (Fsp3) is 0.333. The van der Waals surface area contributed by atoms with E-state index in [0.29, 0.717) is 37.3 Å². The normalized spacial score (nSPS) is 13.7. The molecule has 198 valence electrons. The first kappa shape index (κ1) is 26.4. The van der Waals surface area contributed by atoms with E-state index in [9.17, 15) is 5.11 Å². The Bertz CT molecular complexity index is 1550. The molecule has 11 heteroatoms. The monoisotopic (exact) mass is 550 g/mol. The van der Waals surface area contributed by atoms with Gasteiger partial charge in [-0.25, -0.2) is 15.0 Å². The number of benzene rings is 2. The van der Waals surface area contributed by atoms with Crippen LogP contribution in [0, 0.1) is 5.92 Å². The summed E-state index contributed by atoms with van der Waals surface area (Å²) in [5.41, 5.74) is 5.84. The number of aromatic nitrogens is 5. The molecular weight excluding hydrogens is 520 g/mol. The first-order chi connectivity index (χ1) is 18.5. The minimum Gasteiger partial charge on any atom is -0.492 e. The second kappa shape index (κ2) is 11.2. The van der Waals surface area contributed by atoms with Crippen molar-refractivity contribution in [2.45, 2.75) is 19.4 Å². The summed E-state index contributed by atoms with van der Waals surface area (Å²) in [6.45, 7) is 5.83. The van der Waals surface area contributed by atoms with E-state index in [1.807, 2.05) is 49.8 Å². The first-order valence-electron chi connectivity index (χ1n) is 12.2. The number of hydrogen-bond acceptors (Lipinski definition) is 10. The van der Waals surface area contributed by atoms with Crippen LogP contribution >= 0.6 is 24.0 Å². The lowest BCUT2D eigenvalue weighted by Gasteiger charge is -2.26. The summed E-state index contributed by atoms with van der Waals surface area (Å²) in [4.78, 5) is 13.5. The summed E-state index contributed by atoms with van der Waals surface area (Å²) in [6, 6.07) is 10.1. The number of rotatable bonds is 8. The number of thiol groups is 1. The van der Waals surface area contributed by atoms with Gasteiger partial charge in [-0.3, -0.25) is 4.68 Å². The molecule has 3 aromatic heterocycles. The number of thiazole rings is 1. The highest BCUT2D eigenvalue weighted by Gasteiger charge is 2.23. The fourth-order valence-electron chi connectivity index (χ4n) is 4.06. The average Bonchev–Trinajstić information content (AvgIpc) is 3.59. The quantitative estimate of drug-likeness (QED) is 0.228. The second-order valence-corrected chi connectivity index (χ2v) is 10.5. The molecule has 9 nitrogen and oxygen atoms in total. The van der Waals surface area contributed by atoms with Crippen LogP contribution in [0.3, 0.4) is 0 Å². The van der Waals surface area contributed by atoms with Crippen LogP contribution < -0.4 is 10.1 Å². The zero-order chi connectivity index (χ0) is 26.7. The molecular formula is C27H30N6O3S2. The topological polar surface area (TPSA) is 107 Å². The number of ether oxygens (including phenoxy) is 2. The van der Waals surface area contributed by atoms with Gasteiger partial charge in [0.15, 0.2) is 0 Å². The zero-order valence-corrected chi connectivity index (χ0v) is 23.2. The van der Waals surface area contributed by atoms with Gasteiger partial charge < -0.3 is 19.9 Å². The van der Waals surface area contributed by atoms with Gasteiger partial charge in [-0.1, -0.05) is 0 Å². The van der Waals surface area contributed by atoms with Crippen molar-refractivity contribution < 1.29 is 14.6 Å². The minimum atomic E-state index is -0.503. The smallest absolute Gasteiger partial charge is 0.145 e. The highest BCUT2D eigenvalue weighted by molar-refractivity contribution is 7.79. The Kier molecular flexibility index (Phi) is 7.80. The van der Waals surface area contributed by atoms with Gasteiger partial charge in [0.05, 0.1) is 64.8 Å². The Morgan fingerprint density at radius 1 is 1.13 bits per heavy atom. The molecule has 0 unspecified atom stereocenters. The third-order valence-electron chi connectivity index (χ3n) is 6.40. The van der Waals surface area contributed by atoms with Crippen LogP contribution in [0.5, 0.6) is 5.75 Å². The molecule has 0 bridgehead atoms. The molecule has 38 heavy (non-hydrogen) atoms. The Morgan fingerprint density at radius 3 is 2.74 bits per heavy atom. The van der Waals surface area contributed by atoms with Gasteiger partial charge in [0, 0.05) is 23.4 Å². The molecule has 0 radical (unpaired) electrons. The van der Waals surface area contributed by atoms with Gasteiger partial charge in [-0.2, -0.15) is 17.7 Å². The largest absolute Gasteiger partial charge is 0.492 e. The van der Waals surface area contributed by atoms with Crippen molar-refractivity contribution in [2.24, 2.45) is 5.92 Å². The number of nitrogens with one attached hydrogen (secondary N) is 1. The van der Waals surface area contributed by atoms with Crippen molar-refractivity contribution in [3.8, 4) is 16.9 Å². The zero-order valence-electron chi connectivity index (χ0n) is 21.5. The molecule has 2 aromatic carbocycles. The van der Waals surface area contributed by atoms with Crippen LogP contribution in [0.15, 0.2) is 54.6 Å². The van der Waals surface area contributed by atoms with Crippen LogP contribution in [0.4, 0.5) is 11.5 Å². The average molecular weight is 551 g/mol. The fourth-order valence-corrected chi connectivity index (χ4v) is 4.78. The standard InChI is InChI=1S/C26H26N6O3S.CH4S/c1-26(2,13-33)32-9-18(8-30-32)17-5-21-24(22(6-17)35-12-16-10-34-11-16)25(28-14-27-21)31-19-3-4-20-23(7-19)36-15-29-20;1-2/h3-9,14-16,33H,10-13H2,1-2H3,(H,27,28,31);2H,1H3. The number of aliphatic hydroxyl groups excluding tert-OH is 1. The summed E-state index contributed by atoms with van der Waals surface area (Å²) in [7, 11) is 0. The van der Waals surface area contributed by atoms with Gasteiger partial charge in [0.2, 0.25) is 0 Å². The van der Waals surface area contributed by atoms with E-state index in [2.05, 4.69) is 44.1 Å². The van der Waals surface area contributed by atoms with Crippen LogP contribution in [0.2, 0.25) is 0 Å². The highest BCUT2D eigenvalue weighted by Crippen LogP contribution is 2.37. The van der Waals surface area contributed by atoms with E-state index < -0.39 is 5.54 Å². The molecule has 0 atom stereocenters. The minimum absolute atomic E-state index is 0.0146. The van der Waals surface area contributed by atoms with Crippen molar-refractivity contribution in [1.29, 1.82) is 0 Å². The Labute approximate surface area is 230 Å². The van der Waals surface area contributed by atoms with Crippen molar-refractivity contribution >= 4 is 56.6 Å². The predicted octanol–water partition coefficient (Wildman–Crippen LogP) is 5.15. The molecule has 2 N–H and O–H groups in total.